The highest BCUT2D eigenvalue weighted by molar-refractivity contribution is 7.15. The minimum absolute atomic E-state index is 0.402. The number of aromatic nitrogens is 1. The van der Waals surface area contributed by atoms with E-state index in [1.165, 1.54) is 4.88 Å². The van der Waals surface area contributed by atoms with Crippen molar-refractivity contribution in [1.82, 2.24) is 10.3 Å². The van der Waals surface area contributed by atoms with Crippen LogP contribution in [0.5, 0.6) is 0 Å². The van der Waals surface area contributed by atoms with E-state index in [4.69, 9.17) is 14.5 Å². The molecular formula is C14H27N3O2S. The van der Waals surface area contributed by atoms with Crippen molar-refractivity contribution < 1.29 is 9.47 Å². The molecule has 0 aliphatic heterocycles. The van der Waals surface area contributed by atoms with Gasteiger partial charge in [-0.1, -0.05) is 6.92 Å². The van der Waals surface area contributed by atoms with Gasteiger partial charge < -0.3 is 19.7 Å². The molecule has 1 rings (SSSR count). The Morgan fingerprint density at radius 1 is 1.30 bits per heavy atom. The fraction of sp³-hybridized carbons (Fsp3) is 0.786. The molecule has 0 saturated carbocycles. The molecule has 0 unspecified atom stereocenters. The number of nitrogens with one attached hydrogen (secondary N) is 1. The minimum Gasteiger partial charge on any atom is -0.383 e. The standard InChI is InChI=1S/C14H27N3O2S/c1-6-15-9-13-12(10-19-5)16-14(20-13)17(11(2)3)7-8-18-4/h11,15H,6-10H2,1-5H3. The summed E-state index contributed by atoms with van der Waals surface area (Å²) in [6.07, 6.45) is 0. The lowest BCUT2D eigenvalue weighted by atomic mass is 10.3. The lowest BCUT2D eigenvalue weighted by Crippen LogP contribution is -2.33. The van der Waals surface area contributed by atoms with Crippen LogP contribution in [-0.4, -0.2) is 44.9 Å². The zero-order valence-electron chi connectivity index (χ0n) is 13.2. The fourth-order valence-electron chi connectivity index (χ4n) is 1.88. The average Bonchev–Trinajstić information content (AvgIpc) is 2.80. The zero-order valence-corrected chi connectivity index (χ0v) is 14.0. The van der Waals surface area contributed by atoms with Gasteiger partial charge in [-0.15, -0.1) is 11.3 Å². The molecule has 1 aromatic rings. The molecule has 0 fully saturated rings. The SMILES string of the molecule is CCNCc1sc(N(CCOC)C(C)C)nc1COC. The Balaban J connectivity index is 2.90. The first-order valence-corrected chi connectivity index (χ1v) is 7.89. The Kier molecular flexibility index (Phi) is 8.06. The van der Waals surface area contributed by atoms with Crippen LogP contribution in [0.15, 0.2) is 0 Å². The van der Waals surface area contributed by atoms with Crippen LogP contribution in [0.2, 0.25) is 0 Å². The van der Waals surface area contributed by atoms with Gasteiger partial charge in [-0.05, 0) is 20.4 Å². The molecule has 0 saturated heterocycles. The lowest BCUT2D eigenvalue weighted by molar-refractivity contribution is 0.181. The maximum absolute atomic E-state index is 5.26. The first-order chi connectivity index (χ1) is 9.63. The van der Waals surface area contributed by atoms with Crippen molar-refractivity contribution in [2.45, 2.75) is 40.0 Å². The fourth-order valence-corrected chi connectivity index (χ4v) is 3.08. The van der Waals surface area contributed by atoms with E-state index >= 15 is 0 Å². The molecular weight excluding hydrogens is 274 g/mol. The zero-order chi connectivity index (χ0) is 15.0. The van der Waals surface area contributed by atoms with Gasteiger partial charge in [-0.25, -0.2) is 4.98 Å². The molecule has 0 radical (unpaired) electrons. The number of rotatable bonds is 10. The molecule has 0 bridgehead atoms. The summed E-state index contributed by atoms with van der Waals surface area (Å²) >= 11 is 1.74. The molecule has 1 N–H and O–H groups in total. The predicted octanol–water partition coefficient (Wildman–Crippen LogP) is 2.26. The molecule has 1 heterocycles. The summed E-state index contributed by atoms with van der Waals surface area (Å²) in [5, 5.41) is 4.41. The number of anilines is 1. The van der Waals surface area contributed by atoms with Crippen molar-refractivity contribution in [3.63, 3.8) is 0 Å². The molecule has 20 heavy (non-hydrogen) atoms. The lowest BCUT2D eigenvalue weighted by Gasteiger charge is -2.25. The van der Waals surface area contributed by atoms with Crippen LogP contribution in [0.4, 0.5) is 5.13 Å². The number of nitrogens with zero attached hydrogens (tertiary/aromatic N) is 2. The predicted molar refractivity (Wildman–Crippen MR) is 84.6 cm³/mol. The van der Waals surface area contributed by atoms with E-state index in [0.29, 0.717) is 19.3 Å². The van der Waals surface area contributed by atoms with Gasteiger partial charge >= 0.3 is 0 Å². The van der Waals surface area contributed by atoms with Gasteiger partial charge in [-0.3, -0.25) is 0 Å². The van der Waals surface area contributed by atoms with Gasteiger partial charge in [0.1, 0.15) is 0 Å². The Morgan fingerprint density at radius 3 is 2.60 bits per heavy atom. The van der Waals surface area contributed by atoms with Crippen molar-refractivity contribution in [1.29, 1.82) is 0 Å². The molecule has 5 nitrogen and oxygen atoms in total. The molecule has 6 heteroatoms. The first kappa shape index (κ1) is 17.4. The van der Waals surface area contributed by atoms with Crippen LogP contribution in [-0.2, 0) is 22.6 Å². The van der Waals surface area contributed by atoms with Gasteiger partial charge in [0.05, 0.1) is 18.9 Å². The van der Waals surface area contributed by atoms with E-state index in [0.717, 1.165) is 30.5 Å². The second-order valence-corrected chi connectivity index (χ2v) is 5.92. The van der Waals surface area contributed by atoms with Crippen LogP contribution in [0, 0.1) is 0 Å². The third-order valence-corrected chi connectivity index (χ3v) is 4.12. The summed E-state index contributed by atoms with van der Waals surface area (Å²) in [7, 11) is 3.44. The van der Waals surface area contributed by atoms with Gasteiger partial charge in [0.25, 0.3) is 0 Å². The molecule has 0 amide bonds. The second-order valence-electron chi connectivity index (χ2n) is 4.86. The highest BCUT2D eigenvalue weighted by atomic mass is 32.1. The van der Waals surface area contributed by atoms with Crippen LogP contribution < -0.4 is 10.2 Å². The summed E-state index contributed by atoms with van der Waals surface area (Å²) in [5.41, 5.74) is 1.04. The third-order valence-electron chi connectivity index (χ3n) is 2.99. The number of thiazole rings is 1. The van der Waals surface area contributed by atoms with Gasteiger partial charge in [-0.2, -0.15) is 0 Å². The van der Waals surface area contributed by atoms with Crippen molar-refractivity contribution in [2.24, 2.45) is 0 Å². The Hall–Kier alpha value is -0.690. The van der Waals surface area contributed by atoms with Gasteiger partial charge in [0, 0.05) is 38.2 Å². The maximum atomic E-state index is 5.26. The van der Waals surface area contributed by atoms with Crippen molar-refractivity contribution in [3.05, 3.63) is 10.6 Å². The number of hydrogen-bond acceptors (Lipinski definition) is 6. The van der Waals surface area contributed by atoms with E-state index in [9.17, 15) is 0 Å². The van der Waals surface area contributed by atoms with Crippen molar-refractivity contribution >= 4 is 16.5 Å². The van der Waals surface area contributed by atoms with Crippen LogP contribution in [0.1, 0.15) is 31.3 Å². The van der Waals surface area contributed by atoms with Crippen molar-refractivity contribution in [2.75, 3.05) is 38.8 Å². The molecule has 0 aromatic carbocycles. The summed E-state index contributed by atoms with van der Waals surface area (Å²) in [4.78, 5) is 8.29. The molecule has 0 aliphatic carbocycles. The molecule has 0 aliphatic rings. The van der Waals surface area contributed by atoms with E-state index in [1.54, 1.807) is 25.6 Å². The summed E-state index contributed by atoms with van der Waals surface area (Å²) < 4.78 is 10.4. The monoisotopic (exact) mass is 301 g/mol. The van der Waals surface area contributed by atoms with E-state index in [1.807, 2.05) is 0 Å². The number of hydrogen-bond donors (Lipinski definition) is 1. The molecule has 0 spiro atoms. The maximum Gasteiger partial charge on any atom is 0.186 e. The highest BCUT2D eigenvalue weighted by Gasteiger charge is 2.18. The second kappa shape index (κ2) is 9.28. The van der Waals surface area contributed by atoms with Crippen LogP contribution in [0.25, 0.3) is 0 Å². The number of ether oxygens (including phenoxy) is 2. The summed E-state index contributed by atoms with van der Waals surface area (Å²) in [6.45, 7) is 10.4. The summed E-state index contributed by atoms with van der Waals surface area (Å²) in [5.74, 6) is 0. The van der Waals surface area contributed by atoms with Crippen molar-refractivity contribution in [3.8, 4) is 0 Å². The molecule has 0 atom stereocenters. The average molecular weight is 301 g/mol. The largest absolute Gasteiger partial charge is 0.383 e. The van der Waals surface area contributed by atoms with E-state index < -0.39 is 0 Å². The normalized spacial score (nSPS) is 11.3. The Bertz CT molecular complexity index is 382. The van der Waals surface area contributed by atoms with Gasteiger partial charge in [0.15, 0.2) is 5.13 Å². The Labute approximate surface area is 126 Å². The van der Waals surface area contributed by atoms with E-state index in [-0.39, 0.29) is 0 Å². The number of methoxy groups -OCH3 is 2. The molecule has 116 valence electrons. The van der Waals surface area contributed by atoms with E-state index in [2.05, 4.69) is 31.0 Å². The summed E-state index contributed by atoms with van der Waals surface area (Å²) in [6, 6.07) is 0.402. The third kappa shape index (κ3) is 5.01. The van der Waals surface area contributed by atoms with Crippen LogP contribution in [0.3, 0.4) is 0 Å². The molecule has 1 aromatic heterocycles. The Morgan fingerprint density at radius 2 is 2.05 bits per heavy atom. The van der Waals surface area contributed by atoms with Gasteiger partial charge in [0.2, 0.25) is 0 Å². The minimum atomic E-state index is 0.402. The first-order valence-electron chi connectivity index (χ1n) is 7.07. The topological polar surface area (TPSA) is 46.6 Å². The highest BCUT2D eigenvalue weighted by Crippen LogP contribution is 2.28. The van der Waals surface area contributed by atoms with Crippen LogP contribution >= 0.6 is 11.3 Å². The smallest absolute Gasteiger partial charge is 0.186 e. The quantitative estimate of drug-likeness (QED) is 0.718.